The van der Waals surface area contributed by atoms with Gasteiger partial charge in [-0.3, -0.25) is 4.98 Å². The molecule has 0 radical (unpaired) electrons. The average molecular weight is 432 g/mol. The van der Waals surface area contributed by atoms with Gasteiger partial charge in [0.25, 0.3) is 0 Å². The smallest absolute Gasteiger partial charge is 0.216 e. The minimum Gasteiger partial charge on any atom is -0.454 e. The maximum Gasteiger partial charge on any atom is 0.216 e. The van der Waals surface area contributed by atoms with Gasteiger partial charge in [0, 0.05) is 56.0 Å². The van der Waals surface area contributed by atoms with Crippen molar-refractivity contribution >= 4 is 21.9 Å². The quantitative estimate of drug-likeness (QED) is 0.276. The Morgan fingerprint density at radius 2 is 1.75 bits per heavy atom. The lowest BCUT2D eigenvalue weighted by molar-refractivity contribution is -0.660. The molecular formula is C29H27N2O+. The summed E-state index contributed by atoms with van der Waals surface area (Å²) in [6.45, 7) is -9.56. The second-order valence-electron chi connectivity index (χ2n) is 8.35. The highest BCUT2D eigenvalue weighted by molar-refractivity contribution is 6.14. The van der Waals surface area contributed by atoms with E-state index in [4.69, 9.17) is 20.9 Å². The first-order chi connectivity index (χ1) is 20.2. The summed E-state index contributed by atoms with van der Waals surface area (Å²) < 4.78 is 107. The standard InChI is InChI=1S/C29H27N2O/c1-16-11-12-19-21-14-30-28-25(20-9-7-8-10-22(20)29(28,4)5)27(21)32-26(19)24(16)23-13-17(2)18(3)15-31(23)6/h7-15H,1-6H3/q+1/i2D3,3D3,4D3,5D3. The van der Waals surface area contributed by atoms with Crippen molar-refractivity contribution in [1.29, 1.82) is 0 Å². The maximum atomic E-state index is 8.45. The topological polar surface area (TPSA) is 29.9 Å². The van der Waals surface area contributed by atoms with E-state index in [1.54, 1.807) is 38.2 Å². The molecule has 32 heavy (non-hydrogen) atoms. The molecule has 3 heteroatoms. The number of pyridine rings is 2. The fraction of sp³-hybridized carbons (Fsp3) is 0.241. The van der Waals surface area contributed by atoms with E-state index in [2.05, 4.69) is 4.98 Å². The van der Waals surface area contributed by atoms with Crippen LogP contribution < -0.4 is 4.57 Å². The summed E-state index contributed by atoms with van der Waals surface area (Å²) in [5, 5.41) is 1.10. The van der Waals surface area contributed by atoms with Crippen molar-refractivity contribution in [3.8, 4) is 22.4 Å². The van der Waals surface area contributed by atoms with Crippen molar-refractivity contribution < 1.29 is 25.4 Å². The van der Waals surface area contributed by atoms with Crippen molar-refractivity contribution in [3.63, 3.8) is 0 Å². The Hall–Kier alpha value is -3.46. The number of rotatable bonds is 1. The third kappa shape index (κ3) is 2.37. The van der Waals surface area contributed by atoms with Gasteiger partial charge in [0.2, 0.25) is 5.69 Å². The Kier molecular flexibility index (Phi) is 2.05. The van der Waals surface area contributed by atoms with Gasteiger partial charge < -0.3 is 4.42 Å². The third-order valence-electron chi connectivity index (χ3n) is 6.38. The van der Waals surface area contributed by atoms with E-state index in [1.807, 2.05) is 6.07 Å². The number of fused-ring (bicyclic) bond motifs is 7. The molecule has 0 unspecified atom stereocenters. The number of nitrogens with zero attached hydrogens (tertiary/aromatic N) is 2. The van der Waals surface area contributed by atoms with E-state index in [0.717, 1.165) is 0 Å². The summed E-state index contributed by atoms with van der Waals surface area (Å²) in [7, 11) is 1.62. The number of hydrogen-bond acceptors (Lipinski definition) is 2. The number of furan rings is 1. The first-order valence-electron chi connectivity index (χ1n) is 16.2. The SMILES string of the molecule is [2H]C([2H])([2H])c1cc(-c2c(C)ccc3c2oc2c4c(ncc23)C(C([2H])([2H])[2H])(C([2H])([2H])[2H])c2ccccc2-4)[n+](C)cc1C([2H])([2H])[2H]. The Labute approximate surface area is 205 Å². The summed E-state index contributed by atoms with van der Waals surface area (Å²) in [5.74, 6) is 0. The van der Waals surface area contributed by atoms with Crippen LogP contribution in [0.1, 0.15) is 58.1 Å². The minimum absolute atomic E-state index is 0.112. The lowest BCUT2D eigenvalue weighted by Gasteiger charge is -2.19. The molecule has 6 rings (SSSR count). The molecule has 158 valence electrons. The van der Waals surface area contributed by atoms with Gasteiger partial charge in [-0.25, -0.2) is 4.57 Å². The monoisotopic (exact) mass is 431 g/mol. The molecule has 2 aromatic carbocycles. The largest absolute Gasteiger partial charge is 0.454 e. The first kappa shape index (κ1) is 10.4. The van der Waals surface area contributed by atoms with Crippen molar-refractivity contribution in [2.45, 2.75) is 39.7 Å². The van der Waals surface area contributed by atoms with Crippen LogP contribution in [0.3, 0.4) is 0 Å². The van der Waals surface area contributed by atoms with E-state index >= 15 is 0 Å². The molecule has 3 aromatic heterocycles. The zero-order valence-corrected chi connectivity index (χ0v) is 17.5. The molecule has 5 aromatic rings. The van der Waals surface area contributed by atoms with Gasteiger partial charge in [0.1, 0.15) is 18.2 Å². The van der Waals surface area contributed by atoms with Crippen LogP contribution in [0, 0.1) is 20.6 Å². The molecule has 0 spiro atoms. The van der Waals surface area contributed by atoms with Gasteiger partial charge >= 0.3 is 0 Å². The summed E-state index contributed by atoms with van der Waals surface area (Å²) in [4.78, 5) is 4.52. The van der Waals surface area contributed by atoms with Crippen molar-refractivity contribution in [3.05, 3.63) is 82.8 Å². The second-order valence-corrected chi connectivity index (χ2v) is 8.35. The minimum atomic E-state index is -2.99. The Bertz CT molecular complexity index is 1980. The molecule has 3 heterocycles. The lowest BCUT2D eigenvalue weighted by atomic mass is 9.85. The van der Waals surface area contributed by atoms with Crippen molar-refractivity contribution in [1.82, 2.24) is 4.98 Å². The number of aromatic nitrogens is 2. The maximum absolute atomic E-state index is 8.45. The van der Waals surface area contributed by atoms with E-state index in [1.165, 1.54) is 29.1 Å². The van der Waals surface area contributed by atoms with E-state index in [-0.39, 0.29) is 33.5 Å². The van der Waals surface area contributed by atoms with Gasteiger partial charge in [-0.1, -0.05) is 50.1 Å². The number of aryl methyl sites for hydroxylation is 4. The third-order valence-corrected chi connectivity index (χ3v) is 6.38. The summed E-state index contributed by atoms with van der Waals surface area (Å²) in [5.41, 5.74) is -0.174. The van der Waals surface area contributed by atoms with Gasteiger partial charge in [-0.05, 0) is 42.9 Å². The van der Waals surface area contributed by atoms with Crippen molar-refractivity contribution in [2.24, 2.45) is 7.05 Å². The van der Waals surface area contributed by atoms with Gasteiger partial charge in [-0.2, -0.15) is 0 Å². The van der Waals surface area contributed by atoms with Gasteiger partial charge in [0.15, 0.2) is 6.20 Å². The van der Waals surface area contributed by atoms with Crippen molar-refractivity contribution in [2.75, 3.05) is 0 Å². The Morgan fingerprint density at radius 1 is 0.938 bits per heavy atom. The average Bonchev–Trinajstić information content (AvgIpc) is 3.41. The zero-order chi connectivity index (χ0) is 32.4. The fourth-order valence-electron chi connectivity index (χ4n) is 4.80. The van der Waals surface area contributed by atoms with Gasteiger partial charge in [0.05, 0.1) is 11.3 Å². The predicted octanol–water partition coefficient (Wildman–Crippen LogP) is 6.70. The van der Waals surface area contributed by atoms with E-state index < -0.39 is 32.8 Å². The summed E-state index contributed by atoms with van der Waals surface area (Å²) in [6, 6.07) is 11.4. The molecule has 1 aliphatic carbocycles. The van der Waals surface area contributed by atoms with Crippen LogP contribution in [0.2, 0.25) is 0 Å². The second kappa shape index (κ2) is 6.29. The van der Waals surface area contributed by atoms with Crippen LogP contribution >= 0.6 is 0 Å². The molecule has 0 amide bonds. The summed E-state index contributed by atoms with van der Waals surface area (Å²) in [6.07, 6.45) is 2.71. The van der Waals surface area contributed by atoms with E-state index in [0.29, 0.717) is 38.7 Å². The predicted molar refractivity (Wildman–Crippen MR) is 130 cm³/mol. The van der Waals surface area contributed by atoms with Crippen LogP contribution in [-0.4, -0.2) is 4.98 Å². The van der Waals surface area contributed by atoms with Crippen LogP contribution in [0.15, 0.2) is 59.3 Å². The summed E-state index contributed by atoms with van der Waals surface area (Å²) >= 11 is 0. The van der Waals surface area contributed by atoms with Crippen LogP contribution in [-0.2, 0) is 12.5 Å². The Balaban J connectivity index is 1.74. The lowest BCUT2D eigenvalue weighted by Crippen LogP contribution is -2.31. The van der Waals surface area contributed by atoms with Crippen LogP contribution in [0.4, 0.5) is 0 Å². The molecule has 0 saturated carbocycles. The highest BCUT2D eigenvalue weighted by Gasteiger charge is 2.39. The normalized spacial score (nSPS) is 21.3. The molecule has 0 N–H and O–H groups in total. The fourth-order valence-corrected chi connectivity index (χ4v) is 4.80. The molecule has 0 saturated heterocycles. The Morgan fingerprint density at radius 3 is 2.56 bits per heavy atom. The molecule has 3 nitrogen and oxygen atoms in total. The first-order valence-corrected chi connectivity index (χ1v) is 10.2. The highest BCUT2D eigenvalue weighted by atomic mass is 16.3. The number of benzene rings is 2. The van der Waals surface area contributed by atoms with Gasteiger partial charge in [-0.15, -0.1) is 0 Å². The number of hydrogen-bond donors (Lipinski definition) is 0. The molecule has 0 aliphatic heterocycles. The molecule has 0 bridgehead atoms. The van der Waals surface area contributed by atoms with Crippen LogP contribution in [0.5, 0.6) is 0 Å². The molecule has 0 fully saturated rings. The van der Waals surface area contributed by atoms with Crippen LogP contribution in [0.25, 0.3) is 44.3 Å². The zero-order valence-electron chi connectivity index (χ0n) is 29.5. The highest BCUT2D eigenvalue weighted by Crippen LogP contribution is 2.51. The molecule has 0 atom stereocenters. The molecule has 1 aliphatic rings. The molecular weight excluding hydrogens is 392 g/mol. The van der Waals surface area contributed by atoms with E-state index in [9.17, 15) is 0 Å².